The standard InChI is InChI=1S/C17H17BrN2O/c1-17(21,12-7-9-13(18)10-8-12)11-16-19-14-5-3-4-6-15(14)20(16)2/h3-10,21H,11H2,1-2H3. The summed E-state index contributed by atoms with van der Waals surface area (Å²) < 4.78 is 3.05. The van der Waals surface area contributed by atoms with Crippen molar-refractivity contribution in [3.63, 3.8) is 0 Å². The first-order valence-corrected chi connectivity index (χ1v) is 7.65. The molecule has 2 aromatic carbocycles. The number of halogens is 1. The Hall–Kier alpha value is -1.65. The number of para-hydroxylation sites is 2. The van der Waals surface area contributed by atoms with E-state index in [1.165, 1.54) is 0 Å². The van der Waals surface area contributed by atoms with Crippen LogP contribution in [0, 0.1) is 0 Å². The summed E-state index contributed by atoms with van der Waals surface area (Å²) in [5, 5.41) is 10.8. The maximum absolute atomic E-state index is 10.8. The molecule has 0 saturated heterocycles. The summed E-state index contributed by atoms with van der Waals surface area (Å²) in [5.74, 6) is 0.879. The van der Waals surface area contributed by atoms with Gasteiger partial charge in [-0.05, 0) is 36.8 Å². The molecule has 3 rings (SSSR count). The summed E-state index contributed by atoms with van der Waals surface area (Å²) in [7, 11) is 1.99. The first-order valence-electron chi connectivity index (χ1n) is 6.86. The third-order valence-electron chi connectivity index (χ3n) is 3.85. The van der Waals surface area contributed by atoms with E-state index >= 15 is 0 Å². The quantitative estimate of drug-likeness (QED) is 0.784. The van der Waals surface area contributed by atoms with E-state index in [0.29, 0.717) is 6.42 Å². The Morgan fingerprint density at radius 1 is 1.14 bits per heavy atom. The molecule has 0 amide bonds. The number of rotatable bonds is 3. The monoisotopic (exact) mass is 344 g/mol. The van der Waals surface area contributed by atoms with Crippen LogP contribution in [-0.4, -0.2) is 14.7 Å². The Morgan fingerprint density at radius 3 is 2.48 bits per heavy atom. The number of nitrogens with zero attached hydrogens (tertiary/aromatic N) is 2. The number of hydrogen-bond donors (Lipinski definition) is 1. The fourth-order valence-electron chi connectivity index (χ4n) is 2.57. The van der Waals surface area contributed by atoms with Crippen molar-refractivity contribution in [1.29, 1.82) is 0 Å². The molecule has 1 atom stereocenters. The number of aryl methyl sites for hydroxylation is 1. The number of fused-ring (bicyclic) bond motifs is 1. The molecule has 108 valence electrons. The van der Waals surface area contributed by atoms with Gasteiger partial charge in [-0.3, -0.25) is 0 Å². The highest BCUT2D eigenvalue weighted by molar-refractivity contribution is 9.10. The first-order chi connectivity index (χ1) is 9.97. The molecule has 0 bridgehead atoms. The van der Waals surface area contributed by atoms with Gasteiger partial charge < -0.3 is 9.67 Å². The minimum Gasteiger partial charge on any atom is -0.385 e. The Bertz CT molecular complexity index is 775. The summed E-state index contributed by atoms with van der Waals surface area (Å²) >= 11 is 3.42. The van der Waals surface area contributed by atoms with Gasteiger partial charge in [0.2, 0.25) is 0 Å². The van der Waals surface area contributed by atoms with E-state index in [0.717, 1.165) is 26.9 Å². The van der Waals surface area contributed by atoms with Crippen LogP contribution in [0.1, 0.15) is 18.3 Å². The zero-order valence-corrected chi connectivity index (χ0v) is 13.6. The van der Waals surface area contributed by atoms with Crippen molar-refractivity contribution in [2.24, 2.45) is 7.05 Å². The molecule has 1 unspecified atom stereocenters. The highest BCUT2D eigenvalue weighted by atomic mass is 79.9. The van der Waals surface area contributed by atoms with E-state index in [9.17, 15) is 5.11 Å². The third-order valence-corrected chi connectivity index (χ3v) is 4.38. The maximum atomic E-state index is 10.8. The lowest BCUT2D eigenvalue weighted by molar-refractivity contribution is 0.0549. The predicted molar refractivity (Wildman–Crippen MR) is 88.1 cm³/mol. The summed E-state index contributed by atoms with van der Waals surface area (Å²) in [4.78, 5) is 4.63. The molecule has 3 aromatic rings. The Balaban J connectivity index is 1.96. The van der Waals surface area contributed by atoms with Crippen LogP contribution in [0.25, 0.3) is 11.0 Å². The van der Waals surface area contributed by atoms with E-state index in [1.54, 1.807) is 0 Å². The normalized spacial score (nSPS) is 14.3. The predicted octanol–water partition coefficient (Wildman–Crippen LogP) is 3.79. The molecule has 0 radical (unpaired) electrons. The van der Waals surface area contributed by atoms with Crippen LogP contribution in [0.3, 0.4) is 0 Å². The molecule has 4 heteroatoms. The average Bonchev–Trinajstić information content (AvgIpc) is 2.76. The summed E-state index contributed by atoms with van der Waals surface area (Å²) in [6.45, 7) is 1.83. The minimum atomic E-state index is -0.949. The molecular formula is C17H17BrN2O. The smallest absolute Gasteiger partial charge is 0.112 e. The zero-order chi connectivity index (χ0) is 15.0. The third kappa shape index (κ3) is 2.74. The molecule has 0 saturated carbocycles. The number of imidazole rings is 1. The highest BCUT2D eigenvalue weighted by Crippen LogP contribution is 2.27. The maximum Gasteiger partial charge on any atom is 0.112 e. The number of aliphatic hydroxyl groups is 1. The van der Waals surface area contributed by atoms with Crippen LogP contribution in [0.4, 0.5) is 0 Å². The number of aromatic nitrogens is 2. The van der Waals surface area contributed by atoms with Gasteiger partial charge in [-0.25, -0.2) is 4.98 Å². The Morgan fingerprint density at radius 2 is 1.81 bits per heavy atom. The van der Waals surface area contributed by atoms with E-state index in [-0.39, 0.29) is 0 Å². The molecule has 1 aromatic heterocycles. The summed E-state index contributed by atoms with van der Waals surface area (Å²) in [6, 6.07) is 15.8. The second-order valence-corrected chi connectivity index (χ2v) is 6.45. The summed E-state index contributed by atoms with van der Waals surface area (Å²) in [6.07, 6.45) is 0.472. The van der Waals surface area contributed by atoms with E-state index in [4.69, 9.17) is 0 Å². The van der Waals surface area contributed by atoms with Crippen LogP contribution in [-0.2, 0) is 19.1 Å². The lowest BCUT2D eigenvalue weighted by Crippen LogP contribution is -2.25. The van der Waals surface area contributed by atoms with Crippen LogP contribution < -0.4 is 0 Å². The van der Waals surface area contributed by atoms with Crippen molar-refractivity contribution in [3.05, 3.63) is 64.4 Å². The van der Waals surface area contributed by atoms with Crippen LogP contribution >= 0.6 is 15.9 Å². The Labute approximate surface area is 132 Å². The number of hydrogen-bond acceptors (Lipinski definition) is 2. The van der Waals surface area contributed by atoms with Gasteiger partial charge in [0.25, 0.3) is 0 Å². The van der Waals surface area contributed by atoms with Gasteiger partial charge in [0.05, 0.1) is 16.6 Å². The molecule has 0 aliphatic rings. The average molecular weight is 345 g/mol. The highest BCUT2D eigenvalue weighted by Gasteiger charge is 2.26. The molecule has 0 spiro atoms. The lowest BCUT2D eigenvalue weighted by atomic mass is 9.92. The summed E-state index contributed by atoms with van der Waals surface area (Å²) in [5.41, 5.74) is 1.98. The van der Waals surface area contributed by atoms with Crippen LogP contribution in [0.15, 0.2) is 53.0 Å². The van der Waals surface area contributed by atoms with Gasteiger partial charge >= 0.3 is 0 Å². The van der Waals surface area contributed by atoms with E-state index in [1.807, 2.05) is 67.1 Å². The minimum absolute atomic E-state index is 0.472. The molecule has 3 nitrogen and oxygen atoms in total. The molecule has 0 aliphatic heterocycles. The van der Waals surface area contributed by atoms with Gasteiger partial charge in [-0.1, -0.05) is 40.2 Å². The van der Waals surface area contributed by atoms with Gasteiger partial charge in [-0.2, -0.15) is 0 Å². The largest absolute Gasteiger partial charge is 0.385 e. The fraction of sp³-hybridized carbons (Fsp3) is 0.235. The Kier molecular flexibility index (Phi) is 3.59. The van der Waals surface area contributed by atoms with Gasteiger partial charge in [0.15, 0.2) is 0 Å². The van der Waals surface area contributed by atoms with Crippen molar-refractivity contribution >= 4 is 27.0 Å². The van der Waals surface area contributed by atoms with Crippen molar-refractivity contribution in [2.45, 2.75) is 18.9 Å². The van der Waals surface area contributed by atoms with Crippen molar-refractivity contribution in [2.75, 3.05) is 0 Å². The topological polar surface area (TPSA) is 38.0 Å². The van der Waals surface area contributed by atoms with E-state index in [2.05, 4.69) is 20.9 Å². The van der Waals surface area contributed by atoms with Gasteiger partial charge in [0, 0.05) is 17.9 Å². The fourth-order valence-corrected chi connectivity index (χ4v) is 2.84. The van der Waals surface area contributed by atoms with Crippen LogP contribution in [0.2, 0.25) is 0 Å². The second kappa shape index (κ2) is 5.28. The van der Waals surface area contributed by atoms with Crippen molar-refractivity contribution in [3.8, 4) is 0 Å². The SMILES string of the molecule is Cn1c(CC(C)(O)c2ccc(Br)cc2)nc2ccccc21. The van der Waals surface area contributed by atoms with Crippen molar-refractivity contribution in [1.82, 2.24) is 9.55 Å². The van der Waals surface area contributed by atoms with E-state index < -0.39 is 5.60 Å². The lowest BCUT2D eigenvalue weighted by Gasteiger charge is -2.23. The number of benzene rings is 2. The van der Waals surface area contributed by atoms with Gasteiger partial charge in [0.1, 0.15) is 5.82 Å². The van der Waals surface area contributed by atoms with Crippen LogP contribution in [0.5, 0.6) is 0 Å². The zero-order valence-electron chi connectivity index (χ0n) is 12.0. The first kappa shape index (κ1) is 14.3. The molecule has 1 N–H and O–H groups in total. The molecule has 0 fully saturated rings. The molecule has 0 aliphatic carbocycles. The molecule has 1 heterocycles. The second-order valence-electron chi connectivity index (χ2n) is 5.53. The molecule has 21 heavy (non-hydrogen) atoms. The van der Waals surface area contributed by atoms with Crippen molar-refractivity contribution < 1.29 is 5.11 Å². The van der Waals surface area contributed by atoms with Gasteiger partial charge in [-0.15, -0.1) is 0 Å². The molecular weight excluding hydrogens is 328 g/mol.